The van der Waals surface area contributed by atoms with Crippen molar-refractivity contribution >= 4 is 0 Å². The van der Waals surface area contributed by atoms with E-state index in [1.807, 2.05) is 0 Å². The van der Waals surface area contributed by atoms with E-state index in [2.05, 4.69) is 0 Å². The Kier molecular flexibility index (Phi) is 1.55. The molecule has 0 radical (unpaired) electrons. The quantitative estimate of drug-likeness (QED) is 0.546. The summed E-state index contributed by atoms with van der Waals surface area (Å²) in [4.78, 5) is 0. The van der Waals surface area contributed by atoms with Crippen molar-refractivity contribution < 1.29 is 8.78 Å². The highest BCUT2D eigenvalue weighted by molar-refractivity contribution is 5.29. The van der Waals surface area contributed by atoms with Crippen LogP contribution in [0.1, 0.15) is 25.7 Å². The molecule has 0 N–H and O–H groups in total. The number of rotatable bonds is 1. The van der Waals surface area contributed by atoms with E-state index >= 15 is 0 Å². The lowest BCUT2D eigenvalue weighted by molar-refractivity contribution is 0.506. The van der Waals surface area contributed by atoms with Crippen LogP contribution in [-0.4, -0.2) is 0 Å². The van der Waals surface area contributed by atoms with Crippen LogP contribution >= 0.6 is 0 Å². The Morgan fingerprint density at radius 3 is 2.45 bits per heavy atom. The van der Waals surface area contributed by atoms with Crippen molar-refractivity contribution in [2.75, 3.05) is 0 Å². The summed E-state index contributed by atoms with van der Waals surface area (Å²) in [7, 11) is 0. The van der Waals surface area contributed by atoms with E-state index in [9.17, 15) is 8.78 Å². The molecule has 60 valence electrons. The zero-order valence-corrected chi connectivity index (χ0v) is 6.24. The van der Waals surface area contributed by atoms with Gasteiger partial charge in [-0.3, -0.25) is 0 Å². The van der Waals surface area contributed by atoms with Crippen molar-refractivity contribution in [1.29, 1.82) is 0 Å². The van der Waals surface area contributed by atoms with Crippen LogP contribution in [0, 0.1) is 5.92 Å². The molecule has 11 heavy (non-hydrogen) atoms. The maximum Gasteiger partial charge on any atom is 0.154 e. The van der Waals surface area contributed by atoms with Crippen LogP contribution < -0.4 is 0 Å². The molecule has 1 saturated carbocycles. The lowest BCUT2D eigenvalue weighted by Gasteiger charge is -2.09. The first kappa shape index (κ1) is 7.01. The van der Waals surface area contributed by atoms with Crippen molar-refractivity contribution in [3.8, 4) is 0 Å². The second-order valence-corrected chi connectivity index (χ2v) is 3.25. The Morgan fingerprint density at radius 2 is 1.91 bits per heavy atom. The predicted molar refractivity (Wildman–Crippen MR) is 39.3 cm³/mol. The van der Waals surface area contributed by atoms with Gasteiger partial charge in [-0.15, -0.1) is 0 Å². The maximum atomic E-state index is 12.6. The second kappa shape index (κ2) is 2.43. The van der Waals surface area contributed by atoms with Crippen LogP contribution in [0.2, 0.25) is 0 Å². The summed E-state index contributed by atoms with van der Waals surface area (Å²) in [5.74, 6) is -0.638. The standard InChI is InChI=1S/C9H10F2/c10-8-4-3-7(5-9(8)11)6-1-2-6/h5-6H,1-4H2. The number of halogens is 2. The van der Waals surface area contributed by atoms with Gasteiger partial charge in [0, 0.05) is 6.42 Å². The van der Waals surface area contributed by atoms with Crippen molar-refractivity contribution in [1.82, 2.24) is 0 Å². The van der Waals surface area contributed by atoms with E-state index < -0.39 is 11.7 Å². The van der Waals surface area contributed by atoms with Gasteiger partial charge in [0.2, 0.25) is 0 Å². The van der Waals surface area contributed by atoms with Crippen LogP contribution in [-0.2, 0) is 0 Å². The van der Waals surface area contributed by atoms with Gasteiger partial charge in [0.05, 0.1) is 0 Å². The van der Waals surface area contributed by atoms with Crippen molar-refractivity contribution in [2.24, 2.45) is 5.92 Å². The van der Waals surface area contributed by atoms with E-state index in [1.54, 1.807) is 0 Å². The first-order chi connectivity index (χ1) is 5.27. The van der Waals surface area contributed by atoms with Crippen molar-refractivity contribution in [3.05, 3.63) is 23.3 Å². The molecular formula is C9H10F2. The van der Waals surface area contributed by atoms with Gasteiger partial charge >= 0.3 is 0 Å². The van der Waals surface area contributed by atoms with E-state index in [0.717, 1.165) is 12.0 Å². The summed E-state index contributed by atoms with van der Waals surface area (Å²) in [6, 6.07) is 0. The van der Waals surface area contributed by atoms with Crippen LogP contribution in [0.3, 0.4) is 0 Å². The molecule has 1 fully saturated rings. The summed E-state index contributed by atoms with van der Waals surface area (Å²) < 4.78 is 25.1. The minimum absolute atomic E-state index is 0.272. The summed E-state index contributed by atoms with van der Waals surface area (Å²) in [5, 5.41) is 0. The number of hydrogen-bond donors (Lipinski definition) is 0. The van der Waals surface area contributed by atoms with Crippen molar-refractivity contribution in [3.63, 3.8) is 0 Å². The Balaban J connectivity index is 2.18. The molecule has 0 bridgehead atoms. The zero-order chi connectivity index (χ0) is 7.84. The molecule has 0 aromatic carbocycles. The molecule has 0 nitrogen and oxygen atoms in total. The normalized spacial score (nSPS) is 25.5. The van der Waals surface area contributed by atoms with Gasteiger partial charge in [-0.05, 0) is 31.3 Å². The van der Waals surface area contributed by atoms with Gasteiger partial charge in [0.1, 0.15) is 5.83 Å². The van der Waals surface area contributed by atoms with E-state index in [0.29, 0.717) is 5.92 Å². The highest BCUT2D eigenvalue weighted by atomic mass is 19.2. The molecule has 0 atom stereocenters. The van der Waals surface area contributed by atoms with E-state index in [1.165, 1.54) is 18.9 Å². The molecule has 0 aliphatic heterocycles. The smallest absolute Gasteiger partial charge is 0.154 e. The topological polar surface area (TPSA) is 0 Å². The lowest BCUT2D eigenvalue weighted by Crippen LogP contribution is -1.95. The largest absolute Gasteiger partial charge is 0.209 e. The van der Waals surface area contributed by atoms with Gasteiger partial charge in [0.25, 0.3) is 0 Å². The lowest BCUT2D eigenvalue weighted by atomic mass is 10.00. The Labute approximate surface area is 64.6 Å². The maximum absolute atomic E-state index is 12.6. The highest BCUT2D eigenvalue weighted by Crippen LogP contribution is 2.42. The average molecular weight is 156 g/mol. The summed E-state index contributed by atoms with van der Waals surface area (Å²) >= 11 is 0. The van der Waals surface area contributed by atoms with Crippen LogP contribution in [0.25, 0.3) is 0 Å². The minimum atomic E-state index is -0.641. The van der Waals surface area contributed by atoms with E-state index in [4.69, 9.17) is 0 Å². The van der Waals surface area contributed by atoms with Crippen LogP contribution in [0.4, 0.5) is 8.78 Å². The third kappa shape index (κ3) is 1.35. The molecular weight excluding hydrogens is 146 g/mol. The molecule has 2 heteroatoms. The second-order valence-electron chi connectivity index (χ2n) is 3.25. The third-order valence-corrected chi connectivity index (χ3v) is 2.31. The van der Waals surface area contributed by atoms with Crippen LogP contribution in [0.15, 0.2) is 23.3 Å². The summed E-state index contributed by atoms with van der Waals surface area (Å²) in [5.41, 5.74) is 1.11. The molecule has 0 heterocycles. The predicted octanol–water partition coefficient (Wildman–Crippen LogP) is 3.27. The molecule has 0 spiro atoms. The van der Waals surface area contributed by atoms with E-state index in [-0.39, 0.29) is 6.42 Å². The molecule has 0 amide bonds. The first-order valence-electron chi connectivity index (χ1n) is 4.02. The van der Waals surface area contributed by atoms with Crippen molar-refractivity contribution in [2.45, 2.75) is 25.7 Å². The SMILES string of the molecule is FC1=C(F)CCC(C2CC2)=C1. The monoisotopic (exact) mass is 156 g/mol. The fraction of sp³-hybridized carbons (Fsp3) is 0.556. The Morgan fingerprint density at radius 1 is 1.18 bits per heavy atom. The number of allylic oxidation sites excluding steroid dienone is 4. The van der Waals surface area contributed by atoms with Gasteiger partial charge in [-0.25, -0.2) is 8.78 Å². The summed E-state index contributed by atoms with van der Waals surface area (Å²) in [6.45, 7) is 0. The Hall–Kier alpha value is -0.660. The Bertz CT molecular complexity index is 234. The highest BCUT2D eigenvalue weighted by Gasteiger charge is 2.28. The molecule has 0 saturated heterocycles. The first-order valence-corrected chi connectivity index (χ1v) is 4.02. The van der Waals surface area contributed by atoms with Gasteiger partial charge in [0.15, 0.2) is 5.83 Å². The zero-order valence-electron chi connectivity index (χ0n) is 6.24. The molecule has 2 aliphatic carbocycles. The fourth-order valence-corrected chi connectivity index (χ4v) is 1.46. The third-order valence-electron chi connectivity index (χ3n) is 2.31. The molecule has 0 aromatic rings. The minimum Gasteiger partial charge on any atom is -0.209 e. The summed E-state index contributed by atoms with van der Waals surface area (Å²) in [6.07, 6.45) is 4.72. The number of hydrogen-bond acceptors (Lipinski definition) is 0. The molecule has 2 rings (SSSR count). The van der Waals surface area contributed by atoms with Gasteiger partial charge < -0.3 is 0 Å². The van der Waals surface area contributed by atoms with Gasteiger partial charge in [-0.1, -0.05) is 5.57 Å². The molecule has 2 aliphatic rings. The molecule has 0 aromatic heterocycles. The fourth-order valence-electron chi connectivity index (χ4n) is 1.46. The molecule has 0 unspecified atom stereocenters. The van der Waals surface area contributed by atoms with Crippen LogP contribution in [0.5, 0.6) is 0 Å². The van der Waals surface area contributed by atoms with Gasteiger partial charge in [-0.2, -0.15) is 0 Å². The average Bonchev–Trinajstić information content (AvgIpc) is 2.77.